The van der Waals surface area contributed by atoms with Gasteiger partial charge >= 0.3 is 0 Å². The Balaban J connectivity index is 2.23. The molecule has 1 aliphatic rings. The topological polar surface area (TPSA) is 41.7 Å². The molecule has 0 bridgehead atoms. The zero-order valence-electron chi connectivity index (χ0n) is 10.9. The predicted octanol–water partition coefficient (Wildman–Crippen LogP) is 2.18. The number of halogens is 1. The zero-order valence-corrected chi connectivity index (χ0v) is 12.5. The zero-order chi connectivity index (χ0) is 13.1. The van der Waals surface area contributed by atoms with Gasteiger partial charge in [-0.05, 0) is 28.5 Å². The molecule has 0 unspecified atom stereocenters. The summed E-state index contributed by atoms with van der Waals surface area (Å²) in [6.07, 6.45) is 0. The van der Waals surface area contributed by atoms with E-state index in [1.807, 2.05) is 12.1 Å². The molecule has 1 aromatic rings. The molecule has 1 aromatic carbocycles. The van der Waals surface area contributed by atoms with E-state index in [0.29, 0.717) is 0 Å². The third-order valence-corrected chi connectivity index (χ3v) is 4.01. The van der Waals surface area contributed by atoms with Gasteiger partial charge in [-0.1, -0.05) is 6.92 Å². The van der Waals surface area contributed by atoms with E-state index in [1.165, 1.54) is 0 Å². The summed E-state index contributed by atoms with van der Waals surface area (Å²) in [4.78, 5) is 4.81. The number of nitrogen functional groups attached to an aromatic ring is 1. The van der Waals surface area contributed by atoms with Crippen LogP contribution in [0.3, 0.4) is 0 Å². The highest BCUT2D eigenvalue weighted by molar-refractivity contribution is 9.10. The Morgan fingerprint density at radius 2 is 1.94 bits per heavy atom. The molecule has 2 N–H and O–H groups in total. The number of methoxy groups -OCH3 is 1. The van der Waals surface area contributed by atoms with Crippen LogP contribution in [0.2, 0.25) is 0 Å². The van der Waals surface area contributed by atoms with Gasteiger partial charge in [-0.3, -0.25) is 0 Å². The van der Waals surface area contributed by atoms with Crippen LogP contribution in [0.5, 0.6) is 5.75 Å². The van der Waals surface area contributed by atoms with Gasteiger partial charge in [0, 0.05) is 42.4 Å². The van der Waals surface area contributed by atoms with E-state index in [-0.39, 0.29) is 0 Å². The fourth-order valence-electron chi connectivity index (χ4n) is 2.34. The van der Waals surface area contributed by atoms with Gasteiger partial charge in [0.25, 0.3) is 0 Å². The highest BCUT2D eigenvalue weighted by Crippen LogP contribution is 2.38. The average Bonchev–Trinajstić information content (AvgIpc) is 2.38. The Morgan fingerprint density at radius 1 is 1.28 bits per heavy atom. The number of rotatable bonds is 3. The predicted molar refractivity (Wildman–Crippen MR) is 79.4 cm³/mol. The van der Waals surface area contributed by atoms with Crippen molar-refractivity contribution in [1.29, 1.82) is 0 Å². The molecule has 100 valence electrons. The van der Waals surface area contributed by atoms with E-state index < -0.39 is 0 Å². The summed E-state index contributed by atoms with van der Waals surface area (Å²) in [5, 5.41) is 0. The second-order valence-electron chi connectivity index (χ2n) is 4.47. The van der Waals surface area contributed by atoms with Crippen molar-refractivity contribution >= 4 is 27.3 Å². The van der Waals surface area contributed by atoms with E-state index in [4.69, 9.17) is 10.5 Å². The molecule has 0 aliphatic carbocycles. The number of hydrogen-bond donors (Lipinski definition) is 1. The molecule has 1 fully saturated rings. The molecule has 2 rings (SSSR count). The largest absolute Gasteiger partial charge is 0.494 e. The normalized spacial score (nSPS) is 16.9. The fourth-order valence-corrected chi connectivity index (χ4v) is 3.05. The molecular weight excluding hydrogens is 294 g/mol. The fraction of sp³-hybridized carbons (Fsp3) is 0.538. The van der Waals surface area contributed by atoms with Gasteiger partial charge in [-0.25, -0.2) is 0 Å². The lowest BCUT2D eigenvalue weighted by Gasteiger charge is -2.36. The van der Waals surface area contributed by atoms with Gasteiger partial charge in [0.2, 0.25) is 0 Å². The Morgan fingerprint density at radius 3 is 2.50 bits per heavy atom. The van der Waals surface area contributed by atoms with Crippen LogP contribution in [0.15, 0.2) is 16.6 Å². The van der Waals surface area contributed by atoms with Crippen LogP contribution in [0.1, 0.15) is 6.92 Å². The van der Waals surface area contributed by atoms with Crippen molar-refractivity contribution in [3.63, 3.8) is 0 Å². The minimum Gasteiger partial charge on any atom is -0.494 e. The van der Waals surface area contributed by atoms with E-state index in [1.54, 1.807) is 7.11 Å². The molecular formula is C13H20BrN3O. The van der Waals surface area contributed by atoms with Crippen molar-refractivity contribution < 1.29 is 4.74 Å². The van der Waals surface area contributed by atoms with E-state index in [2.05, 4.69) is 32.7 Å². The molecule has 0 amide bonds. The third-order valence-electron chi connectivity index (χ3n) is 3.41. The van der Waals surface area contributed by atoms with E-state index >= 15 is 0 Å². The number of likely N-dealkylation sites (N-methyl/N-ethyl adjacent to an activating group) is 1. The lowest BCUT2D eigenvalue weighted by Crippen LogP contribution is -2.46. The Bertz CT molecular complexity index is 417. The van der Waals surface area contributed by atoms with Gasteiger partial charge < -0.3 is 20.3 Å². The number of benzene rings is 1. The quantitative estimate of drug-likeness (QED) is 0.869. The minimum absolute atomic E-state index is 0.717. The van der Waals surface area contributed by atoms with Crippen molar-refractivity contribution in [2.75, 3.05) is 50.5 Å². The van der Waals surface area contributed by atoms with Gasteiger partial charge in [-0.2, -0.15) is 0 Å². The summed E-state index contributed by atoms with van der Waals surface area (Å²) in [6.45, 7) is 7.55. The summed E-state index contributed by atoms with van der Waals surface area (Å²) >= 11 is 3.59. The van der Waals surface area contributed by atoms with Crippen molar-refractivity contribution in [2.45, 2.75) is 6.92 Å². The SMILES string of the molecule is CCN1CCN(c2c(Br)cc(N)cc2OC)CC1. The first-order chi connectivity index (χ1) is 8.65. The van der Waals surface area contributed by atoms with Crippen LogP contribution in [0.4, 0.5) is 11.4 Å². The van der Waals surface area contributed by atoms with Crippen LogP contribution in [0.25, 0.3) is 0 Å². The standard InChI is InChI=1S/C13H20BrN3O/c1-3-16-4-6-17(7-5-16)13-11(14)8-10(15)9-12(13)18-2/h8-9H,3-7,15H2,1-2H3. The Hall–Kier alpha value is -0.940. The number of piperazine rings is 1. The summed E-state index contributed by atoms with van der Waals surface area (Å²) in [7, 11) is 1.69. The van der Waals surface area contributed by atoms with Gasteiger partial charge in [-0.15, -0.1) is 0 Å². The van der Waals surface area contributed by atoms with Crippen molar-refractivity contribution in [1.82, 2.24) is 4.90 Å². The molecule has 0 atom stereocenters. The van der Waals surface area contributed by atoms with E-state index in [0.717, 1.165) is 54.3 Å². The Labute approximate surface area is 117 Å². The molecule has 18 heavy (non-hydrogen) atoms. The number of anilines is 2. The molecule has 1 saturated heterocycles. The highest BCUT2D eigenvalue weighted by atomic mass is 79.9. The molecule has 0 saturated carbocycles. The van der Waals surface area contributed by atoms with Gasteiger partial charge in [0.15, 0.2) is 0 Å². The number of ether oxygens (including phenoxy) is 1. The van der Waals surface area contributed by atoms with Crippen LogP contribution in [-0.4, -0.2) is 44.7 Å². The molecule has 0 radical (unpaired) electrons. The molecule has 4 nitrogen and oxygen atoms in total. The van der Waals surface area contributed by atoms with Crippen LogP contribution < -0.4 is 15.4 Å². The monoisotopic (exact) mass is 313 g/mol. The first kappa shape index (κ1) is 13.5. The lowest BCUT2D eigenvalue weighted by atomic mass is 10.2. The maximum absolute atomic E-state index is 5.84. The highest BCUT2D eigenvalue weighted by Gasteiger charge is 2.21. The molecule has 5 heteroatoms. The molecule has 1 aliphatic heterocycles. The Kier molecular flexibility index (Phi) is 4.35. The maximum atomic E-state index is 5.84. The maximum Gasteiger partial charge on any atom is 0.145 e. The summed E-state index contributed by atoms with van der Waals surface area (Å²) < 4.78 is 6.45. The second kappa shape index (κ2) is 5.80. The van der Waals surface area contributed by atoms with Crippen molar-refractivity contribution in [3.05, 3.63) is 16.6 Å². The summed E-state index contributed by atoms with van der Waals surface area (Å²) in [5.74, 6) is 0.840. The van der Waals surface area contributed by atoms with Gasteiger partial charge in [0.1, 0.15) is 5.75 Å². The van der Waals surface area contributed by atoms with E-state index in [9.17, 15) is 0 Å². The van der Waals surface area contributed by atoms with Gasteiger partial charge in [0.05, 0.1) is 12.8 Å². The van der Waals surface area contributed by atoms with Crippen LogP contribution in [-0.2, 0) is 0 Å². The number of nitrogens with zero attached hydrogens (tertiary/aromatic N) is 2. The minimum atomic E-state index is 0.717. The second-order valence-corrected chi connectivity index (χ2v) is 5.33. The smallest absolute Gasteiger partial charge is 0.145 e. The summed E-state index contributed by atoms with van der Waals surface area (Å²) in [5.41, 5.74) is 7.67. The molecule has 0 spiro atoms. The number of hydrogen-bond acceptors (Lipinski definition) is 4. The van der Waals surface area contributed by atoms with Crippen LogP contribution in [0, 0.1) is 0 Å². The van der Waals surface area contributed by atoms with Crippen LogP contribution >= 0.6 is 15.9 Å². The lowest BCUT2D eigenvalue weighted by molar-refractivity contribution is 0.270. The first-order valence-electron chi connectivity index (χ1n) is 6.26. The van der Waals surface area contributed by atoms with Crippen molar-refractivity contribution in [2.24, 2.45) is 0 Å². The average molecular weight is 314 g/mol. The third kappa shape index (κ3) is 2.72. The number of nitrogens with two attached hydrogens (primary N) is 1. The summed E-state index contributed by atoms with van der Waals surface area (Å²) in [6, 6.07) is 3.82. The first-order valence-corrected chi connectivity index (χ1v) is 7.05. The molecule has 1 heterocycles. The molecule has 0 aromatic heterocycles. The van der Waals surface area contributed by atoms with Crippen molar-refractivity contribution in [3.8, 4) is 5.75 Å².